The summed E-state index contributed by atoms with van der Waals surface area (Å²) in [5.74, 6) is -0.735. The minimum absolute atomic E-state index is 0.162. The molecule has 6 heteroatoms. The fraction of sp³-hybridized carbons (Fsp3) is 0.231. The molecule has 1 aromatic carbocycles. The quantitative estimate of drug-likeness (QED) is 0.851. The van der Waals surface area contributed by atoms with Gasteiger partial charge >= 0.3 is 0 Å². The van der Waals surface area contributed by atoms with Gasteiger partial charge in [-0.05, 0) is 53.0 Å². The Kier molecular flexibility index (Phi) is 3.80. The lowest BCUT2D eigenvalue weighted by atomic mass is 10.0. The zero-order chi connectivity index (χ0) is 14.2. The Balaban J connectivity index is 2.73. The molecule has 0 aliphatic rings. The fourth-order valence-corrected chi connectivity index (χ4v) is 2.15. The third-order valence-electron chi connectivity index (χ3n) is 3.04. The van der Waals surface area contributed by atoms with Crippen molar-refractivity contribution in [2.45, 2.75) is 13.8 Å². The van der Waals surface area contributed by atoms with Gasteiger partial charge in [0.1, 0.15) is 17.3 Å². The number of nitrogens with zero attached hydrogens (tertiary/aromatic N) is 2. The largest absolute Gasteiger partial charge is 0.371 e. The highest BCUT2D eigenvalue weighted by Gasteiger charge is 2.19. The number of rotatable bonds is 2. The summed E-state index contributed by atoms with van der Waals surface area (Å²) < 4.78 is 28.1. The van der Waals surface area contributed by atoms with E-state index >= 15 is 0 Å². The monoisotopic (exact) mass is 327 g/mol. The Morgan fingerprint density at radius 1 is 1.11 bits per heavy atom. The molecule has 3 nitrogen and oxygen atoms in total. The van der Waals surface area contributed by atoms with Crippen molar-refractivity contribution in [2.24, 2.45) is 0 Å². The molecule has 1 aromatic heterocycles. The van der Waals surface area contributed by atoms with E-state index in [4.69, 9.17) is 0 Å². The number of aromatic nitrogens is 2. The van der Waals surface area contributed by atoms with Gasteiger partial charge in [-0.15, -0.1) is 10.2 Å². The zero-order valence-corrected chi connectivity index (χ0v) is 12.3. The molecule has 0 radical (unpaired) electrons. The van der Waals surface area contributed by atoms with Crippen molar-refractivity contribution in [3.05, 3.63) is 39.4 Å². The van der Waals surface area contributed by atoms with Crippen molar-refractivity contribution < 1.29 is 8.78 Å². The van der Waals surface area contributed by atoms with Crippen LogP contribution in [0.5, 0.6) is 0 Å². The maximum absolute atomic E-state index is 14.1. The molecule has 1 N–H and O–H groups in total. The van der Waals surface area contributed by atoms with Gasteiger partial charge < -0.3 is 5.32 Å². The van der Waals surface area contributed by atoms with Crippen molar-refractivity contribution in [3.8, 4) is 11.3 Å². The number of halogens is 3. The molecule has 0 spiro atoms. The number of nitrogens with one attached hydrogen (secondary N) is 1. The molecule has 0 atom stereocenters. The average Bonchev–Trinajstić information content (AvgIpc) is 2.39. The molecular formula is C13H12BrF2N3. The minimum atomic E-state index is -0.672. The molecule has 0 saturated carbocycles. The Labute approximate surface area is 118 Å². The summed E-state index contributed by atoms with van der Waals surface area (Å²) in [6, 6.07) is 2.52. The van der Waals surface area contributed by atoms with Gasteiger partial charge in [0.25, 0.3) is 0 Å². The smallest absolute Gasteiger partial charge is 0.151 e. The molecule has 19 heavy (non-hydrogen) atoms. The minimum Gasteiger partial charge on any atom is -0.371 e. The van der Waals surface area contributed by atoms with Gasteiger partial charge in [-0.1, -0.05) is 0 Å². The number of hydrogen-bond donors (Lipinski definition) is 1. The van der Waals surface area contributed by atoms with E-state index in [1.54, 1.807) is 14.0 Å². The van der Waals surface area contributed by atoms with E-state index in [-0.39, 0.29) is 15.7 Å². The van der Waals surface area contributed by atoms with Crippen LogP contribution in [0.25, 0.3) is 11.3 Å². The Bertz CT molecular complexity index is 644. The molecule has 0 amide bonds. The molecule has 2 rings (SSSR count). The van der Waals surface area contributed by atoms with Crippen molar-refractivity contribution in [1.29, 1.82) is 0 Å². The molecule has 100 valence electrons. The number of hydrogen-bond acceptors (Lipinski definition) is 3. The predicted molar refractivity (Wildman–Crippen MR) is 74.1 cm³/mol. The average molecular weight is 328 g/mol. The Morgan fingerprint density at radius 3 is 2.42 bits per heavy atom. The summed E-state index contributed by atoms with van der Waals surface area (Å²) in [7, 11) is 1.72. The number of benzene rings is 1. The second kappa shape index (κ2) is 5.21. The maximum atomic E-state index is 14.1. The summed E-state index contributed by atoms with van der Waals surface area (Å²) >= 11 is 3.05. The molecule has 0 aliphatic heterocycles. The fourth-order valence-electron chi connectivity index (χ4n) is 1.82. The number of anilines is 1. The summed E-state index contributed by atoms with van der Waals surface area (Å²) in [5, 5.41) is 10.8. The van der Waals surface area contributed by atoms with Crippen LogP contribution >= 0.6 is 15.9 Å². The van der Waals surface area contributed by atoms with Crippen LogP contribution in [-0.4, -0.2) is 17.2 Å². The molecule has 0 unspecified atom stereocenters. The molecule has 1 heterocycles. The SMILES string of the molecule is CNc1nnc(-c2c(F)ccc(Br)c2F)c(C)c1C. The first-order valence-corrected chi connectivity index (χ1v) is 6.42. The van der Waals surface area contributed by atoms with Crippen LogP contribution in [0.15, 0.2) is 16.6 Å². The van der Waals surface area contributed by atoms with Crippen molar-refractivity contribution in [1.82, 2.24) is 10.2 Å². The van der Waals surface area contributed by atoms with Crippen LogP contribution in [0.3, 0.4) is 0 Å². The lowest BCUT2D eigenvalue weighted by Gasteiger charge is -2.12. The Morgan fingerprint density at radius 2 is 1.79 bits per heavy atom. The van der Waals surface area contributed by atoms with Gasteiger partial charge in [0.2, 0.25) is 0 Å². The van der Waals surface area contributed by atoms with Crippen molar-refractivity contribution in [2.75, 3.05) is 12.4 Å². The van der Waals surface area contributed by atoms with E-state index in [0.29, 0.717) is 11.4 Å². The van der Waals surface area contributed by atoms with Crippen LogP contribution in [0, 0.1) is 25.5 Å². The normalized spacial score (nSPS) is 10.6. The highest BCUT2D eigenvalue weighted by molar-refractivity contribution is 9.10. The predicted octanol–water partition coefficient (Wildman–Crippen LogP) is 3.84. The van der Waals surface area contributed by atoms with E-state index in [9.17, 15) is 8.78 Å². The second-order valence-corrected chi connectivity index (χ2v) is 4.97. The lowest BCUT2D eigenvalue weighted by Crippen LogP contribution is -2.04. The molecule has 0 aliphatic carbocycles. The topological polar surface area (TPSA) is 37.8 Å². The van der Waals surface area contributed by atoms with Crippen LogP contribution in [-0.2, 0) is 0 Å². The lowest BCUT2D eigenvalue weighted by molar-refractivity contribution is 0.583. The first-order valence-electron chi connectivity index (χ1n) is 5.62. The van der Waals surface area contributed by atoms with Crippen molar-refractivity contribution in [3.63, 3.8) is 0 Å². The first kappa shape index (κ1) is 13.9. The first-order chi connectivity index (χ1) is 8.97. The summed E-state index contributed by atoms with van der Waals surface area (Å²) in [5.41, 5.74) is 1.56. The second-order valence-electron chi connectivity index (χ2n) is 4.12. The zero-order valence-electron chi connectivity index (χ0n) is 10.7. The van der Waals surface area contributed by atoms with E-state index in [0.717, 1.165) is 5.56 Å². The summed E-state index contributed by atoms with van der Waals surface area (Å²) in [6.07, 6.45) is 0. The molecule has 0 saturated heterocycles. The highest BCUT2D eigenvalue weighted by atomic mass is 79.9. The van der Waals surface area contributed by atoms with Crippen molar-refractivity contribution >= 4 is 21.7 Å². The van der Waals surface area contributed by atoms with Gasteiger partial charge in [-0.3, -0.25) is 0 Å². The van der Waals surface area contributed by atoms with E-state index in [1.807, 2.05) is 6.92 Å². The summed E-state index contributed by atoms with van der Waals surface area (Å²) in [6.45, 7) is 3.59. The molecule has 0 fully saturated rings. The molecule has 0 bridgehead atoms. The third kappa shape index (κ3) is 2.32. The van der Waals surface area contributed by atoms with E-state index in [1.165, 1.54) is 12.1 Å². The summed E-state index contributed by atoms with van der Waals surface area (Å²) in [4.78, 5) is 0. The van der Waals surface area contributed by atoms with E-state index < -0.39 is 11.6 Å². The van der Waals surface area contributed by atoms with Gasteiger partial charge in [-0.25, -0.2) is 8.78 Å². The van der Waals surface area contributed by atoms with Crippen LogP contribution in [0.1, 0.15) is 11.1 Å². The molecular weight excluding hydrogens is 316 g/mol. The Hall–Kier alpha value is -1.56. The highest BCUT2D eigenvalue weighted by Crippen LogP contribution is 2.32. The van der Waals surface area contributed by atoms with Gasteiger partial charge in [0.05, 0.1) is 10.0 Å². The van der Waals surface area contributed by atoms with Gasteiger partial charge in [0.15, 0.2) is 5.82 Å². The van der Waals surface area contributed by atoms with Gasteiger partial charge in [-0.2, -0.15) is 0 Å². The maximum Gasteiger partial charge on any atom is 0.151 e. The third-order valence-corrected chi connectivity index (χ3v) is 3.65. The molecule has 2 aromatic rings. The van der Waals surface area contributed by atoms with E-state index in [2.05, 4.69) is 31.4 Å². The van der Waals surface area contributed by atoms with Crippen LogP contribution < -0.4 is 5.32 Å². The van der Waals surface area contributed by atoms with Crippen LogP contribution in [0.2, 0.25) is 0 Å². The van der Waals surface area contributed by atoms with Gasteiger partial charge in [0, 0.05) is 7.05 Å². The van der Waals surface area contributed by atoms with Crippen LogP contribution in [0.4, 0.5) is 14.6 Å². The standard InChI is InChI=1S/C13H12BrF2N3/c1-6-7(2)13(17-3)19-18-12(6)10-9(15)5-4-8(14)11(10)16/h4-5H,1-3H3,(H,17,19).